The number of aromatic amines is 1. The van der Waals surface area contributed by atoms with E-state index in [9.17, 15) is 19.2 Å². The summed E-state index contributed by atoms with van der Waals surface area (Å²) < 4.78 is 1.12. The third-order valence-electron chi connectivity index (χ3n) is 4.22. The molecule has 1 aliphatic heterocycles. The molecule has 1 aliphatic rings. The van der Waals surface area contributed by atoms with E-state index in [2.05, 4.69) is 27.5 Å². The van der Waals surface area contributed by atoms with Gasteiger partial charge >= 0.3 is 5.69 Å². The predicted molar refractivity (Wildman–Crippen MR) is 100.0 cm³/mol. The lowest BCUT2D eigenvalue weighted by molar-refractivity contribution is -0.125. The lowest BCUT2D eigenvalue weighted by Crippen LogP contribution is -2.43. The van der Waals surface area contributed by atoms with Gasteiger partial charge in [-0.3, -0.25) is 28.8 Å². The molecule has 9 nitrogen and oxygen atoms in total. The molecule has 1 saturated heterocycles. The Balaban J connectivity index is 2.00. The lowest BCUT2D eigenvalue weighted by atomic mass is 10.1. The number of hydrogen-bond donors (Lipinski definition) is 3. The maximum absolute atomic E-state index is 12.3. The minimum atomic E-state index is -0.638. The second-order valence-corrected chi connectivity index (χ2v) is 6.29. The van der Waals surface area contributed by atoms with Crippen LogP contribution in [0.3, 0.4) is 0 Å². The summed E-state index contributed by atoms with van der Waals surface area (Å²) in [7, 11) is 0. The molecule has 1 aromatic heterocycles. The monoisotopic (exact) mass is 375 g/mol. The molecule has 0 saturated carbocycles. The van der Waals surface area contributed by atoms with Gasteiger partial charge in [-0.25, -0.2) is 4.79 Å². The second-order valence-electron chi connectivity index (χ2n) is 6.29. The Morgan fingerprint density at radius 2 is 2.07 bits per heavy atom. The number of rotatable bonds is 6. The molecule has 2 heterocycles. The zero-order valence-electron chi connectivity index (χ0n) is 15.6. The molecule has 2 rings (SSSR count). The van der Waals surface area contributed by atoms with Crippen molar-refractivity contribution in [3.05, 3.63) is 33.1 Å². The van der Waals surface area contributed by atoms with Crippen molar-refractivity contribution >= 4 is 11.8 Å². The highest BCUT2D eigenvalue weighted by Gasteiger charge is 2.36. The van der Waals surface area contributed by atoms with Gasteiger partial charge in [0.2, 0.25) is 11.8 Å². The Morgan fingerprint density at radius 1 is 1.30 bits per heavy atom. The van der Waals surface area contributed by atoms with Crippen LogP contribution in [0.2, 0.25) is 0 Å². The Bertz CT molecular complexity index is 848. The van der Waals surface area contributed by atoms with Gasteiger partial charge in [-0.1, -0.05) is 12.8 Å². The molecule has 3 N–H and O–H groups in total. The number of H-pyrrole nitrogens is 1. The van der Waals surface area contributed by atoms with Gasteiger partial charge in [-0.15, -0.1) is 5.92 Å². The van der Waals surface area contributed by atoms with Crippen LogP contribution in [-0.4, -0.2) is 58.0 Å². The van der Waals surface area contributed by atoms with Crippen molar-refractivity contribution in [1.82, 2.24) is 25.1 Å². The van der Waals surface area contributed by atoms with Crippen LogP contribution >= 0.6 is 0 Å². The van der Waals surface area contributed by atoms with Gasteiger partial charge in [0.05, 0.1) is 12.6 Å². The highest BCUT2D eigenvalue weighted by atomic mass is 16.2. The van der Waals surface area contributed by atoms with Crippen molar-refractivity contribution in [2.45, 2.75) is 45.3 Å². The summed E-state index contributed by atoms with van der Waals surface area (Å²) in [5, 5.41) is 5.67. The fourth-order valence-electron chi connectivity index (χ4n) is 3.03. The largest absolute Gasteiger partial charge is 0.355 e. The van der Waals surface area contributed by atoms with E-state index in [0.717, 1.165) is 11.0 Å². The molecule has 0 aromatic carbocycles. The molecule has 0 spiro atoms. The first-order chi connectivity index (χ1) is 12.9. The van der Waals surface area contributed by atoms with Crippen LogP contribution in [0, 0.1) is 11.8 Å². The van der Waals surface area contributed by atoms with Crippen LogP contribution in [-0.2, 0) is 16.1 Å². The Morgan fingerprint density at radius 3 is 2.74 bits per heavy atom. The summed E-state index contributed by atoms with van der Waals surface area (Å²) in [4.78, 5) is 51.4. The van der Waals surface area contributed by atoms with Crippen molar-refractivity contribution in [3.63, 3.8) is 0 Å². The first-order valence-corrected chi connectivity index (χ1v) is 9.01. The fourth-order valence-corrected chi connectivity index (χ4v) is 3.03. The minimum absolute atomic E-state index is 0.0793. The number of likely N-dealkylation sites (tertiary alicyclic amines) is 1. The molecule has 9 heteroatoms. The molecule has 2 amide bonds. The van der Waals surface area contributed by atoms with Crippen LogP contribution in [0.4, 0.5) is 0 Å². The smallest absolute Gasteiger partial charge is 0.328 e. The third kappa shape index (κ3) is 5.82. The molecule has 1 aromatic rings. The van der Waals surface area contributed by atoms with Crippen LogP contribution in [0.1, 0.15) is 26.7 Å². The first-order valence-electron chi connectivity index (χ1n) is 9.01. The van der Waals surface area contributed by atoms with Crippen molar-refractivity contribution in [1.29, 1.82) is 0 Å². The Labute approximate surface area is 157 Å². The van der Waals surface area contributed by atoms with Gasteiger partial charge in [0.25, 0.3) is 5.56 Å². The van der Waals surface area contributed by atoms with Gasteiger partial charge in [-0.2, -0.15) is 0 Å². The van der Waals surface area contributed by atoms with Crippen LogP contribution in [0.25, 0.3) is 0 Å². The molecular weight excluding hydrogens is 350 g/mol. The van der Waals surface area contributed by atoms with E-state index in [-0.39, 0.29) is 30.4 Å². The number of aromatic nitrogens is 2. The van der Waals surface area contributed by atoms with Crippen LogP contribution < -0.4 is 21.9 Å². The normalized spacial score (nSPS) is 19.2. The molecule has 1 fully saturated rings. The maximum atomic E-state index is 12.3. The number of nitrogens with one attached hydrogen (secondary N) is 3. The van der Waals surface area contributed by atoms with Gasteiger partial charge in [0.15, 0.2) is 0 Å². The molecule has 27 heavy (non-hydrogen) atoms. The zero-order chi connectivity index (χ0) is 19.8. The average molecular weight is 375 g/mol. The molecule has 0 aliphatic carbocycles. The number of nitrogens with zero attached hydrogens (tertiary/aromatic N) is 2. The van der Waals surface area contributed by atoms with Crippen molar-refractivity contribution < 1.29 is 9.59 Å². The minimum Gasteiger partial charge on any atom is -0.355 e. The zero-order valence-corrected chi connectivity index (χ0v) is 15.6. The number of carbonyl (C=O) groups is 2. The number of hydrogen-bond acceptors (Lipinski definition) is 5. The van der Waals surface area contributed by atoms with E-state index < -0.39 is 11.2 Å². The number of likely N-dealkylation sites (N-methyl/N-ethyl adjacent to an activating group) is 1. The molecule has 0 radical (unpaired) electrons. The SMILES string of the molecule is CCC#CCN1C[C@@H](NC(=O)Cn2ccc(=O)[nH]c2=O)C[C@H]1C(=O)NCC. The number of carbonyl (C=O) groups excluding carboxylic acids is 2. The van der Waals surface area contributed by atoms with E-state index >= 15 is 0 Å². The molecule has 0 unspecified atom stereocenters. The van der Waals surface area contributed by atoms with Gasteiger partial charge < -0.3 is 10.6 Å². The predicted octanol–water partition coefficient (Wildman–Crippen LogP) is -1.35. The van der Waals surface area contributed by atoms with E-state index in [1.165, 1.54) is 12.3 Å². The van der Waals surface area contributed by atoms with E-state index in [1.54, 1.807) is 0 Å². The van der Waals surface area contributed by atoms with Gasteiger partial charge in [-0.05, 0) is 13.3 Å². The summed E-state index contributed by atoms with van der Waals surface area (Å²) in [6.07, 6.45) is 2.50. The summed E-state index contributed by atoms with van der Waals surface area (Å²) in [6.45, 7) is 5.12. The third-order valence-corrected chi connectivity index (χ3v) is 4.22. The average Bonchev–Trinajstić information content (AvgIpc) is 3.00. The maximum Gasteiger partial charge on any atom is 0.328 e. The van der Waals surface area contributed by atoms with Gasteiger partial charge in [0.1, 0.15) is 6.54 Å². The fraction of sp³-hybridized carbons (Fsp3) is 0.556. The first kappa shape index (κ1) is 20.5. The molecule has 146 valence electrons. The lowest BCUT2D eigenvalue weighted by Gasteiger charge is -2.20. The molecule has 2 atom stereocenters. The highest BCUT2D eigenvalue weighted by molar-refractivity contribution is 5.82. The van der Waals surface area contributed by atoms with E-state index in [4.69, 9.17) is 0 Å². The standard InChI is InChI=1S/C18H25N5O4/c1-3-5-6-8-22-11-13(10-14(22)17(26)19-4-2)20-16(25)12-23-9-7-15(24)21-18(23)27/h7,9,13-14H,3-4,8,10-12H2,1-2H3,(H,19,26)(H,20,25)(H,21,24,27)/t13-,14-/m0/s1. The summed E-state index contributed by atoms with van der Waals surface area (Å²) in [5.74, 6) is 5.59. The van der Waals surface area contributed by atoms with Crippen LogP contribution in [0.5, 0.6) is 0 Å². The highest BCUT2D eigenvalue weighted by Crippen LogP contribution is 2.17. The van der Waals surface area contributed by atoms with Crippen molar-refractivity contribution in [3.8, 4) is 11.8 Å². The van der Waals surface area contributed by atoms with E-state index in [0.29, 0.717) is 26.1 Å². The summed E-state index contributed by atoms with van der Waals surface area (Å²) in [6, 6.07) is 0.618. The summed E-state index contributed by atoms with van der Waals surface area (Å²) >= 11 is 0. The second kappa shape index (κ2) is 9.73. The van der Waals surface area contributed by atoms with Gasteiger partial charge in [0, 0.05) is 37.8 Å². The number of amides is 2. The van der Waals surface area contributed by atoms with Crippen LogP contribution in [0.15, 0.2) is 21.9 Å². The topological polar surface area (TPSA) is 116 Å². The van der Waals surface area contributed by atoms with Crippen molar-refractivity contribution in [2.24, 2.45) is 0 Å². The molecule has 0 bridgehead atoms. The van der Waals surface area contributed by atoms with E-state index in [1.807, 2.05) is 18.7 Å². The summed E-state index contributed by atoms with van der Waals surface area (Å²) in [5.41, 5.74) is -1.15. The molecular formula is C18H25N5O4. The van der Waals surface area contributed by atoms with Crippen molar-refractivity contribution in [2.75, 3.05) is 19.6 Å². The Kier molecular flexibility index (Phi) is 7.37. The Hall–Kier alpha value is -2.86. The quantitative estimate of drug-likeness (QED) is 0.532.